The van der Waals surface area contributed by atoms with E-state index >= 15 is 0 Å². The predicted molar refractivity (Wildman–Crippen MR) is 56.8 cm³/mol. The number of rotatable bonds is 8. The van der Waals surface area contributed by atoms with E-state index in [-0.39, 0.29) is 24.3 Å². The molecule has 0 heterocycles. The first kappa shape index (κ1) is 13.6. The first-order chi connectivity index (χ1) is 7.58. The van der Waals surface area contributed by atoms with E-state index in [0.29, 0.717) is 12.4 Å². The summed E-state index contributed by atoms with van der Waals surface area (Å²) in [5, 5.41) is 2.73. The summed E-state index contributed by atoms with van der Waals surface area (Å²) in [6.45, 7) is -0.00682. The summed E-state index contributed by atoms with van der Waals surface area (Å²) >= 11 is 5.74. The number of hydrogen-bond donors (Lipinski definition) is 1. The summed E-state index contributed by atoms with van der Waals surface area (Å²) in [5.41, 5.74) is 0.0844. The zero-order chi connectivity index (χ0) is 12.0. The van der Waals surface area contributed by atoms with Crippen LogP contribution in [0.15, 0.2) is 0 Å². The molecule has 1 saturated carbocycles. The Balaban J connectivity index is 1.99. The quantitative estimate of drug-likeness (QED) is 0.531. The number of alkyl halides is 3. The molecule has 3 nitrogen and oxygen atoms in total. The fourth-order valence-electron chi connectivity index (χ4n) is 1.25. The maximum absolute atomic E-state index is 11.7. The molecule has 0 atom stereocenters. The molecule has 0 saturated heterocycles. The van der Waals surface area contributed by atoms with Gasteiger partial charge >= 0.3 is 0 Å². The Kier molecular flexibility index (Phi) is 5.41. The van der Waals surface area contributed by atoms with Gasteiger partial charge in [-0.15, -0.1) is 11.6 Å². The first-order valence-electron chi connectivity index (χ1n) is 5.26. The highest BCUT2D eigenvalue weighted by molar-refractivity contribution is 6.18. The fraction of sp³-hybridized carbons (Fsp3) is 0.900. The third-order valence-corrected chi connectivity index (χ3v) is 3.19. The molecule has 0 aromatic carbocycles. The number of carbonyl (C=O) groups is 1. The summed E-state index contributed by atoms with van der Waals surface area (Å²) < 4.78 is 28.0. The molecule has 1 amide bonds. The number of halogens is 3. The van der Waals surface area contributed by atoms with Crippen molar-refractivity contribution in [2.45, 2.75) is 25.7 Å². The molecule has 1 aliphatic carbocycles. The van der Waals surface area contributed by atoms with Crippen molar-refractivity contribution in [1.82, 2.24) is 5.32 Å². The second-order valence-electron chi connectivity index (χ2n) is 4.13. The molecule has 0 radical (unpaired) electrons. The largest absolute Gasteiger partial charge is 0.375 e. The minimum absolute atomic E-state index is 0.0318. The first-order valence-corrected chi connectivity index (χ1v) is 5.80. The second-order valence-corrected chi connectivity index (χ2v) is 4.39. The van der Waals surface area contributed by atoms with E-state index in [0.717, 1.165) is 12.8 Å². The molecule has 6 heteroatoms. The number of nitrogens with one attached hydrogen (secondary N) is 1. The van der Waals surface area contributed by atoms with Gasteiger partial charge in [-0.05, 0) is 12.8 Å². The number of carbonyl (C=O) groups excluding carboxylic acids is 1. The SMILES string of the molecule is O=C(CCOCC(F)F)NCC1(CCl)CC1. The summed E-state index contributed by atoms with van der Waals surface area (Å²) in [5.74, 6) is 0.375. The van der Waals surface area contributed by atoms with Crippen LogP contribution in [0.25, 0.3) is 0 Å². The zero-order valence-corrected chi connectivity index (χ0v) is 9.73. The van der Waals surface area contributed by atoms with Crippen LogP contribution in [-0.4, -0.2) is 38.0 Å². The Morgan fingerprint density at radius 1 is 1.50 bits per heavy atom. The van der Waals surface area contributed by atoms with Gasteiger partial charge in [0, 0.05) is 24.3 Å². The number of ether oxygens (including phenoxy) is 1. The van der Waals surface area contributed by atoms with E-state index < -0.39 is 13.0 Å². The second kappa shape index (κ2) is 6.35. The van der Waals surface area contributed by atoms with Gasteiger partial charge in [-0.25, -0.2) is 8.78 Å². The summed E-state index contributed by atoms with van der Waals surface area (Å²) in [6.07, 6.45) is -0.281. The average Bonchev–Trinajstić information content (AvgIpc) is 3.02. The normalized spacial score (nSPS) is 17.5. The van der Waals surface area contributed by atoms with E-state index in [4.69, 9.17) is 11.6 Å². The van der Waals surface area contributed by atoms with Gasteiger partial charge < -0.3 is 10.1 Å². The molecule has 16 heavy (non-hydrogen) atoms. The van der Waals surface area contributed by atoms with Crippen LogP contribution in [0.1, 0.15) is 19.3 Å². The molecule has 1 fully saturated rings. The molecular weight excluding hydrogens is 240 g/mol. The lowest BCUT2D eigenvalue weighted by molar-refractivity contribution is -0.122. The van der Waals surface area contributed by atoms with Crippen LogP contribution in [0.4, 0.5) is 8.78 Å². The van der Waals surface area contributed by atoms with Gasteiger partial charge in [0.05, 0.1) is 6.61 Å². The monoisotopic (exact) mass is 255 g/mol. The van der Waals surface area contributed by atoms with Crippen molar-refractivity contribution in [3.63, 3.8) is 0 Å². The van der Waals surface area contributed by atoms with Crippen LogP contribution in [-0.2, 0) is 9.53 Å². The van der Waals surface area contributed by atoms with Crippen molar-refractivity contribution in [1.29, 1.82) is 0 Å². The molecule has 0 unspecified atom stereocenters. The van der Waals surface area contributed by atoms with E-state index in [9.17, 15) is 13.6 Å². The van der Waals surface area contributed by atoms with Crippen molar-refractivity contribution in [3.8, 4) is 0 Å². The smallest absolute Gasteiger partial charge is 0.261 e. The van der Waals surface area contributed by atoms with Crippen LogP contribution in [0.5, 0.6) is 0 Å². The summed E-state index contributed by atoms with van der Waals surface area (Å²) in [7, 11) is 0. The van der Waals surface area contributed by atoms with Gasteiger partial charge in [0.1, 0.15) is 6.61 Å². The maximum Gasteiger partial charge on any atom is 0.261 e. The Bertz CT molecular complexity index is 235. The third kappa shape index (κ3) is 5.07. The Morgan fingerprint density at radius 2 is 2.19 bits per heavy atom. The minimum atomic E-state index is -2.48. The lowest BCUT2D eigenvalue weighted by Gasteiger charge is -2.12. The highest BCUT2D eigenvalue weighted by atomic mass is 35.5. The van der Waals surface area contributed by atoms with Gasteiger partial charge in [-0.1, -0.05) is 0 Å². The Morgan fingerprint density at radius 3 is 2.69 bits per heavy atom. The van der Waals surface area contributed by atoms with Gasteiger partial charge in [-0.3, -0.25) is 4.79 Å². The molecule has 1 N–H and O–H groups in total. The van der Waals surface area contributed by atoms with E-state index in [1.807, 2.05) is 0 Å². The highest BCUT2D eigenvalue weighted by Crippen LogP contribution is 2.45. The Hall–Kier alpha value is -0.420. The van der Waals surface area contributed by atoms with E-state index in [2.05, 4.69) is 10.1 Å². The zero-order valence-electron chi connectivity index (χ0n) is 8.98. The van der Waals surface area contributed by atoms with E-state index in [1.54, 1.807) is 0 Å². The van der Waals surface area contributed by atoms with Crippen LogP contribution in [0.3, 0.4) is 0 Å². The minimum Gasteiger partial charge on any atom is -0.375 e. The topological polar surface area (TPSA) is 38.3 Å². The molecular formula is C10H16ClF2NO2. The lowest BCUT2D eigenvalue weighted by Crippen LogP contribution is -2.31. The fourth-order valence-corrected chi connectivity index (χ4v) is 1.61. The lowest BCUT2D eigenvalue weighted by atomic mass is 10.1. The molecule has 1 rings (SSSR count). The highest BCUT2D eigenvalue weighted by Gasteiger charge is 2.41. The van der Waals surface area contributed by atoms with Crippen molar-refractivity contribution in [3.05, 3.63) is 0 Å². The maximum atomic E-state index is 11.7. The van der Waals surface area contributed by atoms with Crippen LogP contribution < -0.4 is 5.32 Å². The van der Waals surface area contributed by atoms with Gasteiger partial charge in [-0.2, -0.15) is 0 Å². The predicted octanol–water partition coefficient (Wildman–Crippen LogP) is 1.79. The van der Waals surface area contributed by atoms with Gasteiger partial charge in [0.15, 0.2) is 0 Å². The molecule has 0 aliphatic heterocycles. The number of amides is 1. The van der Waals surface area contributed by atoms with Gasteiger partial charge in [0.25, 0.3) is 6.43 Å². The van der Waals surface area contributed by atoms with Crippen molar-refractivity contribution in [2.24, 2.45) is 5.41 Å². The molecule has 0 spiro atoms. The van der Waals surface area contributed by atoms with Crippen LogP contribution >= 0.6 is 11.6 Å². The molecule has 1 aliphatic rings. The molecule has 0 aromatic heterocycles. The third-order valence-electron chi connectivity index (χ3n) is 2.62. The average molecular weight is 256 g/mol. The molecule has 0 bridgehead atoms. The van der Waals surface area contributed by atoms with Crippen molar-refractivity contribution >= 4 is 17.5 Å². The standard InChI is InChI=1S/C10H16ClF2NO2/c11-6-10(2-3-10)7-14-9(15)1-4-16-5-8(12)13/h8H,1-7H2,(H,14,15). The molecule has 94 valence electrons. The molecule has 0 aromatic rings. The summed E-state index contributed by atoms with van der Waals surface area (Å²) in [4.78, 5) is 11.3. The van der Waals surface area contributed by atoms with Crippen molar-refractivity contribution in [2.75, 3.05) is 25.6 Å². The number of hydrogen-bond acceptors (Lipinski definition) is 2. The van der Waals surface area contributed by atoms with E-state index in [1.165, 1.54) is 0 Å². The van der Waals surface area contributed by atoms with Crippen molar-refractivity contribution < 1.29 is 18.3 Å². The van der Waals surface area contributed by atoms with Gasteiger partial charge in [0.2, 0.25) is 5.91 Å². The Labute approximate surface area is 98.5 Å². The van der Waals surface area contributed by atoms with Crippen LogP contribution in [0.2, 0.25) is 0 Å². The summed E-state index contributed by atoms with van der Waals surface area (Å²) in [6, 6.07) is 0. The van der Waals surface area contributed by atoms with Crippen LogP contribution in [0, 0.1) is 5.41 Å².